The molecule has 0 radical (unpaired) electrons. The second kappa shape index (κ2) is 6.13. The molecule has 7 heteroatoms. The molecule has 0 aliphatic carbocycles. The molecule has 4 nitrogen and oxygen atoms in total. The fourth-order valence-electron chi connectivity index (χ4n) is 2.05. The first kappa shape index (κ1) is 15.9. The maximum atomic E-state index is 11.2. The molecule has 110 valence electrons. The van der Waals surface area contributed by atoms with Crippen molar-refractivity contribution in [1.82, 2.24) is 0 Å². The smallest absolute Gasteiger partial charge is 0.311 e. The van der Waals surface area contributed by atoms with Crippen LogP contribution in [0.1, 0.15) is 11.1 Å². The van der Waals surface area contributed by atoms with Crippen LogP contribution >= 0.6 is 35.8 Å². The van der Waals surface area contributed by atoms with E-state index < -0.39 is 4.92 Å². The Labute approximate surface area is 137 Å². The van der Waals surface area contributed by atoms with E-state index in [9.17, 15) is 10.1 Å². The molecular weight excluding hydrogens is 331 g/mol. The van der Waals surface area contributed by atoms with Gasteiger partial charge in [-0.15, -0.1) is 12.6 Å². The molecule has 0 aromatic heterocycles. The molecule has 2 aromatic carbocycles. The zero-order valence-electron chi connectivity index (χ0n) is 11.3. The SMILES string of the molecule is Cc1cc(C)c(S)c(Nc2cc(Cl)cc(Cl)c2[N+](=O)[O-])c1. The van der Waals surface area contributed by atoms with E-state index in [1.165, 1.54) is 12.1 Å². The lowest BCUT2D eigenvalue weighted by molar-refractivity contribution is -0.383. The molecule has 21 heavy (non-hydrogen) atoms. The van der Waals surface area contributed by atoms with Crippen LogP contribution in [0, 0.1) is 24.0 Å². The van der Waals surface area contributed by atoms with Gasteiger partial charge in [0.25, 0.3) is 0 Å². The number of hydrogen-bond acceptors (Lipinski definition) is 4. The summed E-state index contributed by atoms with van der Waals surface area (Å²) in [6, 6.07) is 6.65. The number of halogens is 2. The van der Waals surface area contributed by atoms with Crippen molar-refractivity contribution in [2.24, 2.45) is 0 Å². The number of nitro benzene ring substituents is 1. The standard InChI is InChI=1S/C14H12Cl2N2O2S/c1-7-3-8(2)14(21)12(4-7)17-11-6-9(15)5-10(16)13(11)18(19)20/h3-6,17,21H,1-2H3. The molecule has 0 aliphatic rings. The third-order valence-corrected chi connectivity index (χ3v) is 4.02. The van der Waals surface area contributed by atoms with Crippen molar-refractivity contribution < 1.29 is 4.92 Å². The van der Waals surface area contributed by atoms with Gasteiger partial charge in [0, 0.05) is 9.92 Å². The third-order valence-electron chi connectivity index (χ3n) is 2.92. The highest BCUT2D eigenvalue weighted by atomic mass is 35.5. The molecule has 0 saturated carbocycles. The largest absolute Gasteiger partial charge is 0.349 e. The lowest BCUT2D eigenvalue weighted by Gasteiger charge is -2.13. The van der Waals surface area contributed by atoms with Gasteiger partial charge < -0.3 is 5.32 Å². The van der Waals surface area contributed by atoms with Gasteiger partial charge in [0.15, 0.2) is 0 Å². The van der Waals surface area contributed by atoms with Gasteiger partial charge in [0.1, 0.15) is 10.7 Å². The minimum absolute atomic E-state index is 0.0138. The maximum absolute atomic E-state index is 11.2. The minimum atomic E-state index is -0.540. The fraction of sp³-hybridized carbons (Fsp3) is 0.143. The van der Waals surface area contributed by atoms with Gasteiger partial charge in [0.2, 0.25) is 0 Å². The van der Waals surface area contributed by atoms with E-state index in [0.717, 1.165) is 11.1 Å². The number of nitro groups is 1. The van der Waals surface area contributed by atoms with Crippen molar-refractivity contribution in [1.29, 1.82) is 0 Å². The Kier molecular flexibility index (Phi) is 4.66. The Balaban J connectivity index is 2.57. The zero-order valence-corrected chi connectivity index (χ0v) is 13.7. The summed E-state index contributed by atoms with van der Waals surface area (Å²) in [5.41, 5.74) is 2.67. The first-order valence-electron chi connectivity index (χ1n) is 6.00. The van der Waals surface area contributed by atoms with Crippen LogP contribution in [-0.2, 0) is 0 Å². The number of thiol groups is 1. The van der Waals surface area contributed by atoms with Crippen LogP contribution in [0.25, 0.3) is 0 Å². The first-order valence-corrected chi connectivity index (χ1v) is 7.20. The third kappa shape index (κ3) is 3.43. The molecular formula is C14H12Cl2N2O2S. The van der Waals surface area contributed by atoms with Crippen LogP contribution in [0.2, 0.25) is 10.0 Å². The summed E-state index contributed by atoms with van der Waals surface area (Å²) in [6.07, 6.45) is 0. The van der Waals surface area contributed by atoms with Gasteiger partial charge in [-0.25, -0.2) is 0 Å². The van der Waals surface area contributed by atoms with Crippen molar-refractivity contribution >= 4 is 52.9 Å². The van der Waals surface area contributed by atoms with E-state index in [4.69, 9.17) is 23.2 Å². The lowest BCUT2D eigenvalue weighted by Crippen LogP contribution is -2.00. The van der Waals surface area contributed by atoms with Gasteiger partial charge in [-0.2, -0.15) is 0 Å². The lowest BCUT2D eigenvalue weighted by atomic mass is 10.1. The molecule has 0 atom stereocenters. The predicted octanol–water partition coefficient (Wildman–Crippen LogP) is 5.55. The summed E-state index contributed by atoms with van der Waals surface area (Å²) < 4.78 is 0. The van der Waals surface area contributed by atoms with Crippen LogP contribution < -0.4 is 5.32 Å². The van der Waals surface area contributed by atoms with Crippen LogP contribution in [-0.4, -0.2) is 4.92 Å². The monoisotopic (exact) mass is 342 g/mol. The van der Waals surface area contributed by atoms with Crippen molar-refractivity contribution in [3.63, 3.8) is 0 Å². The number of hydrogen-bond donors (Lipinski definition) is 2. The summed E-state index contributed by atoms with van der Waals surface area (Å²) in [7, 11) is 0. The van der Waals surface area contributed by atoms with Gasteiger partial charge in [0.05, 0.1) is 10.6 Å². The number of rotatable bonds is 3. The molecule has 0 unspecified atom stereocenters. The van der Waals surface area contributed by atoms with E-state index in [1.54, 1.807) is 0 Å². The Morgan fingerprint density at radius 1 is 1.14 bits per heavy atom. The molecule has 1 N–H and O–H groups in total. The number of benzene rings is 2. The summed E-state index contributed by atoms with van der Waals surface area (Å²) in [5.74, 6) is 0. The normalized spacial score (nSPS) is 10.5. The van der Waals surface area contributed by atoms with Gasteiger partial charge in [-0.1, -0.05) is 29.3 Å². The summed E-state index contributed by atoms with van der Waals surface area (Å²) >= 11 is 16.3. The van der Waals surface area contributed by atoms with Crippen molar-refractivity contribution in [3.8, 4) is 0 Å². The fourth-order valence-corrected chi connectivity index (χ4v) is 2.79. The number of nitrogens with one attached hydrogen (secondary N) is 1. The van der Waals surface area contributed by atoms with Crippen molar-refractivity contribution in [3.05, 3.63) is 55.6 Å². The maximum Gasteiger partial charge on any atom is 0.311 e. The number of anilines is 2. The van der Waals surface area contributed by atoms with E-state index in [2.05, 4.69) is 17.9 Å². The van der Waals surface area contributed by atoms with Gasteiger partial charge in [-0.05, 0) is 43.2 Å². The van der Waals surface area contributed by atoms with Crippen molar-refractivity contribution in [2.45, 2.75) is 18.7 Å². The van der Waals surface area contributed by atoms with E-state index in [0.29, 0.717) is 15.6 Å². The molecule has 0 heterocycles. The summed E-state index contributed by atoms with van der Waals surface area (Å²) in [5, 5.41) is 14.5. The summed E-state index contributed by atoms with van der Waals surface area (Å²) in [4.78, 5) is 11.4. The number of nitrogens with zero attached hydrogens (tertiary/aromatic N) is 1. The second-order valence-corrected chi connectivity index (χ2v) is 5.93. The molecule has 0 spiro atoms. The van der Waals surface area contributed by atoms with E-state index in [-0.39, 0.29) is 16.4 Å². The average molecular weight is 343 g/mol. The Morgan fingerprint density at radius 3 is 2.43 bits per heavy atom. The number of aryl methyl sites for hydroxylation is 2. The first-order chi connectivity index (χ1) is 9.79. The van der Waals surface area contributed by atoms with Crippen molar-refractivity contribution in [2.75, 3.05) is 5.32 Å². The zero-order chi connectivity index (χ0) is 15.7. The highest BCUT2D eigenvalue weighted by molar-refractivity contribution is 7.80. The van der Waals surface area contributed by atoms with E-state index in [1.807, 2.05) is 26.0 Å². The Bertz CT molecular complexity index is 735. The predicted molar refractivity (Wildman–Crippen MR) is 89.6 cm³/mol. The van der Waals surface area contributed by atoms with Gasteiger partial charge >= 0.3 is 5.69 Å². The summed E-state index contributed by atoms with van der Waals surface area (Å²) in [6.45, 7) is 3.85. The molecule has 0 amide bonds. The van der Waals surface area contributed by atoms with Gasteiger partial charge in [-0.3, -0.25) is 10.1 Å². The molecule has 2 rings (SSSR count). The molecule has 2 aromatic rings. The van der Waals surface area contributed by atoms with Crippen LogP contribution in [0.15, 0.2) is 29.2 Å². The molecule has 0 fully saturated rings. The van der Waals surface area contributed by atoms with Crippen LogP contribution in [0.3, 0.4) is 0 Å². The minimum Gasteiger partial charge on any atom is -0.349 e. The Morgan fingerprint density at radius 2 is 1.81 bits per heavy atom. The highest BCUT2D eigenvalue weighted by Gasteiger charge is 2.21. The van der Waals surface area contributed by atoms with Crippen LogP contribution in [0.5, 0.6) is 0 Å². The van der Waals surface area contributed by atoms with Crippen LogP contribution in [0.4, 0.5) is 17.1 Å². The molecule has 0 saturated heterocycles. The highest BCUT2D eigenvalue weighted by Crippen LogP contribution is 2.39. The second-order valence-electron chi connectivity index (χ2n) is 4.64. The van der Waals surface area contributed by atoms with E-state index >= 15 is 0 Å². The topological polar surface area (TPSA) is 55.2 Å². The quantitative estimate of drug-likeness (QED) is 0.436. The average Bonchev–Trinajstić information content (AvgIpc) is 2.33. The molecule has 0 aliphatic heterocycles. The Hall–Kier alpha value is -1.43. The molecule has 0 bridgehead atoms.